The standard InChI is InChI=1S/C21H25N7O/c1-14-8-9-22-18(12-14)28-20-13-19(25-16(3)26-20)23-10-11-24-21(29)27-17-7-5-4-6-15(17)2/h4-9,12-13H,10-11H2,1-3H3,(H2,24,27,29)(H2,22,23,25,26,28). The summed E-state index contributed by atoms with van der Waals surface area (Å²) in [7, 11) is 0. The SMILES string of the molecule is Cc1ccnc(Nc2cc(NCCNC(=O)Nc3ccccc3C)nc(C)n2)c1. The van der Waals surface area contributed by atoms with Gasteiger partial charge in [-0.25, -0.2) is 19.7 Å². The maximum absolute atomic E-state index is 12.0. The Hall–Kier alpha value is -3.68. The van der Waals surface area contributed by atoms with Crippen molar-refractivity contribution in [1.82, 2.24) is 20.3 Å². The zero-order valence-electron chi connectivity index (χ0n) is 16.8. The van der Waals surface area contributed by atoms with Crippen molar-refractivity contribution < 1.29 is 4.79 Å². The molecule has 1 aromatic carbocycles. The molecule has 2 amide bonds. The van der Waals surface area contributed by atoms with E-state index < -0.39 is 0 Å². The lowest BCUT2D eigenvalue weighted by atomic mass is 10.2. The molecule has 8 heteroatoms. The third-order valence-corrected chi connectivity index (χ3v) is 4.12. The number of anilines is 4. The van der Waals surface area contributed by atoms with E-state index >= 15 is 0 Å². The first-order valence-corrected chi connectivity index (χ1v) is 9.39. The van der Waals surface area contributed by atoms with E-state index in [1.807, 2.05) is 63.2 Å². The maximum Gasteiger partial charge on any atom is 0.319 e. The molecule has 4 N–H and O–H groups in total. The number of carbonyl (C=O) groups excluding carboxylic acids is 1. The second-order valence-corrected chi connectivity index (χ2v) is 6.65. The number of nitrogens with zero attached hydrogens (tertiary/aromatic N) is 3. The number of rotatable bonds is 7. The topological polar surface area (TPSA) is 104 Å². The first-order valence-electron chi connectivity index (χ1n) is 9.39. The van der Waals surface area contributed by atoms with Crippen molar-refractivity contribution >= 4 is 29.2 Å². The Labute approximate surface area is 170 Å². The van der Waals surface area contributed by atoms with Gasteiger partial charge in [0.1, 0.15) is 23.3 Å². The molecule has 3 aromatic rings. The summed E-state index contributed by atoms with van der Waals surface area (Å²) in [5.74, 6) is 2.69. The summed E-state index contributed by atoms with van der Waals surface area (Å²) in [5, 5.41) is 12.0. The van der Waals surface area contributed by atoms with Crippen LogP contribution in [0.1, 0.15) is 17.0 Å². The fraction of sp³-hybridized carbons (Fsp3) is 0.238. The Morgan fingerprint density at radius 2 is 1.72 bits per heavy atom. The molecule has 3 rings (SSSR count). The molecule has 2 heterocycles. The Bertz CT molecular complexity index is 990. The van der Waals surface area contributed by atoms with E-state index in [0.717, 1.165) is 22.6 Å². The van der Waals surface area contributed by atoms with Crippen molar-refractivity contribution in [3.8, 4) is 0 Å². The average Bonchev–Trinajstić information content (AvgIpc) is 2.67. The monoisotopic (exact) mass is 391 g/mol. The van der Waals surface area contributed by atoms with Gasteiger partial charge in [-0.2, -0.15) is 0 Å². The number of urea groups is 1. The molecule has 0 aliphatic heterocycles. The van der Waals surface area contributed by atoms with Gasteiger partial charge in [0.25, 0.3) is 0 Å². The molecule has 0 aliphatic rings. The van der Waals surface area contributed by atoms with Gasteiger partial charge in [-0.1, -0.05) is 18.2 Å². The second-order valence-electron chi connectivity index (χ2n) is 6.65. The second kappa shape index (κ2) is 9.50. The van der Waals surface area contributed by atoms with Crippen LogP contribution in [0.15, 0.2) is 48.7 Å². The molecule has 0 spiro atoms. The molecule has 0 fully saturated rings. The molecule has 0 saturated carbocycles. The third-order valence-electron chi connectivity index (χ3n) is 4.12. The van der Waals surface area contributed by atoms with Crippen molar-refractivity contribution in [2.45, 2.75) is 20.8 Å². The van der Waals surface area contributed by atoms with Crippen LogP contribution in [0.5, 0.6) is 0 Å². The Balaban J connectivity index is 1.49. The van der Waals surface area contributed by atoms with Gasteiger partial charge in [0.15, 0.2) is 0 Å². The van der Waals surface area contributed by atoms with E-state index in [1.165, 1.54) is 0 Å². The zero-order chi connectivity index (χ0) is 20.6. The van der Waals surface area contributed by atoms with E-state index in [-0.39, 0.29) is 6.03 Å². The highest BCUT2D eigenvalue weighted by Gasteiger charge is 2.05. The van der Waals surface area contributed by atoms with Crippen molar-refractivity contribution in [2.75, 3.05) is 29.0 Å². The Kier molecular flexibility index (Phi) is 6.57. The molecule has 29 heavy (non-hydrogen) atoms. The van der Waals surface area contributed by atoms with Crippen LogP contribution in [0, 0.1) is 20.8 Å². The molecule has 0 aliphatic carbocycles. The van der Waals surface area contributed by atoms with Crippen molar-refractivity contribution in [1.29, 1.82) is 0 Å². The molecule has 8 nitrogen and oxygen atoms in total. The predicted octanol–water partition coefficient (Wildman–Crippen LogP) is 3.77. The summed E-state index contributed by atoms with van der Waals surface area (Å²) in [6.07, 6.45) is 1.75. The summed E-state index contributed by atoms with van der Waals surface area (Å²) in [6.45, 7) is 6.76. The van der Waals surface area contributed by atoms with Crippen molar-refractivity contribution in [3.05, 3.63) is 65.6 Å². The largest absolute Gasteiger partial charge is 0.368 e. The lowest BCUT2D eigenvalue weighted by Gasteiger charge is -2.12. The zero-order valence-corrected chi connectivity index (χ0v) is 16.8. The van der Waals surface area contributed by atoms with Gasteiger partial charge in [0, 0.05) is 31.0 Å². The van der Waals surface area contributed by atoms with Crippen LogP contribution in [0.25, 0.3) is 0 Å². The lowest BCUT2D eigenvalue weighted by molar-refractivity contribution is 0.252. The number of nitrogens with one attached hydrogen (secondary N) is 4. The molecule has 2 aromatic heterocycles. The van der Waals surface area contributed by atoms with Crippen LogP contribution in [0.2, 0.25) is 0 Å². The van der Waals surface area contributed by atoms with Crippen LogP contribution in [-0.4, -0.2) is 34.1 Å². The highest BCUT2D eigenvalue weighted by Crippen LogP contribution is 2.16. The summed E-state index contributed by atoms with van der Waals surface area (Å²) in [6, 6.07) is 13.1. The highest BCUT2D eigenvalue weighted by molar-refractivity contribution is 5.90. The molecule has 0 atom stereocenters. The van der Waals surface area contributed by atoms with Crippen LogP contribution >= 0.6 is 0 Å². The third kappa shape index (κ3) is 6.17. The molecule has 0 saturated heterocycles. The van der Waals surface area contributed by atoms with Crippen LogP contribution < -0.4 is 21.3 Å². The van der Waals surface area contributed by atoms with Crippen LogP contribution in [0.3, 0.4) is 0 Å². The number of hydrogen-bond donors (Lipinski definition) is 4. The predicted molar refractivity (Wildman–Crippen MR) is 116 cm³/mol. The molecule has 150 valence electrons. The molecule has 0 unspecified atom stereocenters. The van der Waals surface area contributed by atoms with Gasteiger partial charge in [-0.15, -0.1) is 0 Å². The van der Waals surface area contributed by atoms with Gasteiger partial charge < -0.3 is 21.3 Å². The van der Waals surface area contributed by atoms with E-state index in [4.69, 9.17) is 0 Å². The number of hydrogen-bond acceptors (Lipinski definition) is 6. The molecule has 0 bridgehead atoms. The number of aromatic nitrogens is 3. The average molecular weight is 391 g/mol. The number of benzene rings is 1. The van der Waals surface area contributed by atoms with Crippen LogP contribution in [-0.2, 0) is 0 Å². The molecular weight excluding hydrogens is 366 g/mol. The normalized spacial score (nSPS) is 10.3. The minimum atomic E-state index is -0.243. The fourth-order valence-electron chi connectivity index (χ4n) is 2.70. The minimum absolute atomic E-state index is 0.243. The number of amides is 2. The quantitative estimate of drug-likeness (QED) is 0.457. The Morgan fingerprint density at radius 3 is 2.52 bits per heavy atom. The summed E-state index contributed by atoms with van der Waals surface area (Å²) in [4.78, 5) is 25.1. The molecule has 0 radical (unpaired) electrons. The fourth-order valence-corrected chi connectivity index (χ4v) is 2.70. The smallest absolute Gasteiger partial charge is 0.319 e. The molecular formula is C21H25N7O. The summed E-state index contributed by atoms with van der Waals surface area (Å²) in [5.41, 5.74) is 2.92. The van der Waals surface area contributed by atoms with E-state index in [2.05, 4.69) is 36.2 Å². The maximum atomic E-state index is 12.0. The number of aryl methyl sites for hydroxylation is 3. The van der Waals surface area contributed by atoms with Gasteiger partial charge in [-0.05, 0) is 50.1 Å². The van der Waals surface area contributed by atoms with E-state index in [1.54, 1.807) is 6.20 Å². The van der Waals surface area contributed by atoms with E-state index in [9.17, 15) is 4.79 Å². The van der Waals surface area contributed by atoms with Gasteiger partial charge >= 0.3 is 6.03 Å². The van der Waals surface area contributed by atoms with Crippen molar-refractivity contribution in [3.63, 3.8) is 0 Å². The first-order chi connectivity index (χ1) is 14.0. The summed E-state index contributed by atoms with van der Waals surface area (Å²) >= 11 is 0. The van der Waals surface area contributed by atoms with Gasteiger partial charge in [0.05, 0.1) is 0 Å². The lowest BCUT2D eigenvalue weighted by Crippen LogP contribution is -2.33. The number of pyridine rings is 1. The van der Waals surface area contributed by atoms with Gasteiger partial charge in [0.2, 0.25) is 0 Å². The first kappa shape index (κ1) is 20.1. The Morgan fingerprint density at radius 1 is 0.931 bits per heavy atom. The summed E-state index contributed by atoms with van der Waals surface area (Å²) < 4.78 is 0. The van der Waals surface area contributed by atoms with Crippen molar-refractivity contribution in [2.24, 2.45) is 0 Å². The van der Waals surface area contributed by atoms with Crippen LogP contribution in [0.4, 0.5) is 27.9 Å². The highest BCUT2D eigenvalue weighted by atomic mass is 16.2. The van der Waals surface area contributed by atoms with Gasteiger partial charge in [-0.3, -0.25) is 0 Å². The number of para-hydroxylation sites is 1. The minimum Gasteiger partial charge on any atom is -0.368 e. The van der Waals surface area contributed by atoms with E-state index in [0.29, 0.717) is 30.5 Å². The number of carbonyl (C=O) groups is 1.